The average molecular weight is 527 g/mol. The fraction of sp³-hybridized carbons (Fsp3) is 0.346. The van der Waals surface area contributed by atoms with Gasteiger partial charge in [-0.15, -0.1) is 0 Å². The zero-order chi connectivity index (χ0) is 26.6. The predicted octanol–water partition coefficient (Wildman–Crippen LogP) is 2.40. The SMILES string of the molecule is Cc1cc(COc2ccc(C(=O)N[C@@H]3CN(S(C)(=O)=O)CC[C@H]3CC(=O)NO)cc2)c2ccccc2n1. The molecule has 1 saturated heterocycles. The number of fused-ring (bicyclic) bond motifs is 1. The first-order chi connectivity index (χ1) is 17.6. The number of pyridine rings is 1. The summed E-state index contributed by atoms with van der Waals surface area (Å²) in [6, 6.07) is 15.9. The van der Waals surface area contributed by atoms with Gasteiger partial charge < -0.3 is 10.1 Å². The van der Waals surface area contributed by atoms with Crippen LogP contribution in [0.5, 0.6) is 5.75 Å². The number of rotatable bonds is 8. The Hall–Kier alpha value is -3.54. The number of piperidine rings is 1. The lowest BCUT2D eigenvalue weighted by Gasteiger charge is -2.37. The number of nitrogens with one attached hydrogen (secondary N) is 2. The van der Waals surface area contributed by atoms with E-state index in [1.54, 1.807) is 29.7 Å². The number of aryl methyl sites for hydroxylation is 1. The number of nitrogens with zero attached hydrogens (tertiary/aromatic N) is 2. The standard InChI is InChI=1S/C26H30N4O6S/c1-17-13-20(22-5-3-4-6-23(22)27-17)16-36-21-9-7-18(8-10-21)26(32)28-24-15-30(37(2,34)35)12-11-19(24)14-25(31)29-33/h3-10,13,19,24,33H,11-12,14-16H2,1-2H3,(H,28,32)(H,29,31)/t19-,24+/m0/s1. The molecule has 0 unspecified atom stereocenters. The molecule has 3 aromatic rings. The van der Waals surface area contributed by atoms with Gasteiger partial charge in [-0.05, 0) is 55.7 Å². The molecule has 2 atom stereocenters. The molecule has 37 heavy (non-hydrogen) atoms. The second-order valence-corrected chi connectivity index (χ2v) is 11.2. The summed E-state index contributed by atoms with van der Waals surface area (Å²) in [6.07, 6.45) is 1.46. The van der Waals surface area contributed by atoms with Crippen LogP contribution in [0.25, 0.3) is 10.9 Å². The summed E-state index contributed by atoms with van der Waals surface area (Å²) in [6.45, 7) is 2.57. The van der Waals surface area contributed by atoms with Crippen LogP contribution in [0.15, 0.2) is 54.6 Å². The highest BCUT2D eigenvalue weighted by atomic mass is 32.2. The van der Waals surface area contributed by atoms with Crippen LogP contribution in [0.4, 0.5) is 0 Å². The summed E-state index contributed by atoms with van der Waals surface area (Å²) in [7, 11) is -3.46. The van der Waals surface area contributed by atoms with Crippen molar-refractivity contribution >= 4 is 32.7 Å². The minimum Gasteiger partial charge on any atom is -0.489 e. The van der Waals surface area contributed by atoms with Crippen LogP contribution in [-0.4, -0.2) is 60.1 Å². The van der Waals surface area contributed by atoms with E-state index in [0.29, 0.717) is 24.3 Å². The molecule has 3 N–H and O–H groups in total. The first-order valence-corrected chi connectivity index (χ1v) is 13.8. The van der Waals surface area contributed by atoms with E-state index in [4.69, 9.17) is 9.94 Å². The molecule has 1 aliphatic rings. The molecule has 0 radical (unpaired) electrons. The molecule has 0 aliphatic carbocycles. The largest absolute Gasteiger partial charge is 0.489 e. The Morgan fingerprint density at radius 2 is 1.89 bits per heavy atom. The summed E-state index contributed by atoms with van der Waals surface area (Å²) in [5.74, 6) is -0.711. The van der Waals surface area contributed by atoms with Crippen LogP contribution in [0.2, 0.25) is 0 Å². The van der Waals surface area contributed by atoms with Crippen molar-refractivity contribution in [2.45, 2.75) is 32.4 Å². The van der Waals surface area contributed by atoms with Crippen molar-refractivity contribution in [3.8, 4) is 5.75 Å². The van der Waals surface area contributed by atoms with Gasteiger partial charge in [-0.25, -0.2) is 18.2 Å². The van der Waals surface area contributed by atoms with Crippen molar-refractivity contribution in [1.29, 1.82) is 0 Å². The number of carbonyl (C=O) groups excluding carboxylic acids is 2. The van der Waals surface area contributed by atoms with Gasteiger partial charge in [-0.3, -0.25) is 19.8 Å². The van der Waals surface area contributed by atoms with Crippen LogP contribution < -0.4 is 15.5 Å². The van der Waals surface area contributed by atoms with Crippen molar-refractivity contribution in [3.05, 3.63) is 71.4 Å². The number of ether oxygens (including phenoxy) is 1. The predicted molar refractivity (Wildman–Crippen MR) is 138 cm³/mol. The third-order valence-electron chi connectivity index (χ3n) is 6.52. The van der Waals surface area contributed by atoms with Crippen LogP contribution >= 0.6 is 0 Å². The molecule has 2 aromatic carbocycles. The number of carbonyl (C=O) groups is 2. The molecule has 1 aromatic heterocycles. The highest BCUT2D eigenvalue weighted by molar-refractivity contribution is 7.88. The van der Waals surface area contributed by atoms with Crippen molar-refractivity contribution in [2.24, 2.45) is 5.92 Å². The van der Waals surface area contributed by atoms with E-state index >= 15 is 0 Å². The molecule has 1 aliphatic heterocycles. The van der Waals surface area contributed by atoms with Crippen molar-refractivity contribution in [2.75, 3.05) is 19.3 Å². The highest BCUT2D eigenvalue weighted by Gasteiger charge is 2.35. The van der Waals surface area contributed by atoms with E-state index in [1.165, 1.54) is 4.31 Å². The summed E-state index contributed by atoms with van der Waals surface area (Å²) in [5.41, 5.74) is 4.79. The minimum atomic E-state index is -3.46. The third-order valence-corrected chi connectivity index (χ3v) is 7.79. The van der Waals surface area contributed by atoms with Gasteiger partial charge in [-0.1, -0.05) is 18.2 Å². The number of amides is 2. The van der Waals surface area contributed by atoms with Gasteiger partial charge in [0.15, 0.2) is 0 Å². The van der Waals surface area contributed by atoms with Crippen LogP contribution in [0, 0.1) is 12.8 Å². The molecule has 2 heterocycles. The maximum absolute atomic E-state index is 13.0. The Morgan fingerprint density at radius 3 is 2.59 bits per heavy atom. The second-order valence-electron chi connectivity index (χ2n) is 9.24. The number of hydrogen-bond donors (Lipinski definition) is 3. The quantitative estimate of drug-likeness (QED) is 0.303. The lowest BCUT2D eigenvalue weighted by Crippen LogP contribution is -2.54. The minimum absolute atomic E-state index is 0.0327. The van der Waals surface area contributed by atoms with E-state index in [2.05, 4.69) is 10.3 Å². The number of hydrogen-bond acceptors (Lipinski definition) is 7. The number of para-hydroxylation sites is 1. The van der Waals surface area contributed by atoms with Crippen molar-refractivity contribution < 1.29 is 28.0 Å². The van der Waals surface area contributed by atoms with Gasteiger partial charge in [0.05, 0.1) is 11.8 Å². The number of hydroxylamine groups is 1. The van der Waals surface area contributed by atoms with E-state index in [0.717, 1.165) is 28.4 Å². The summed E-state index contributed by atoms with van der Waals surface area (Å²) in [5, 5.41) is 12.8. The highest BCUT2D eigenvalue weighted by Crippen LogP contribution is 2.24. The number of aromatic nitrogens is 1. The Bertz CT molecular complexity index is 1390. The Labute approximate surface area is 215 Å². The average Bonchev–Trinajstić information content (AvgIpc) is 2.87. The molecular weight excluding hydrogens is 496 g/mol. The number of benzene rings is 2. The molecule has 2 amide bonds. The summed E-state index contributed by atoms with van der Waals surface area (Å²) >= 11 is 0. The maximum atomic E-state index is 13.0. The van der Waals surface area contributed by atoms with Crippen LogP contribution in [0.3, 0.4) is 0 Å². The van der Waals surface area contributed by atoms with Crippen molar-refractivity contribution in [3.63, 3.8) is 0 Å². The monoisotopic (exact) mass is 526 g/mol. The zero-order valence-corrected chi connectivity index (χ0v) is 21.5. The molecule has 4 rings (SSSR count). The topological polar surface area (TPSA) is 138 Å². The van der Waals surface area contributed by atoms with Gasteiger partial charge in [-0.2, -0.15) is 0 Å². The normalized spacial score (nSPS) is 18.4. The molecule has 196 valence electrons. The molecular formula is C26H30N4O6S. The lowest BCUT2D eigenvalue weighted by molar-refractivity contribution is -0.130. The van der Waals surface area contributed by atoms with Crippen molar-refractivity contribution in [1.82, 2.24) is 20.1 Å². The molecule has 0 spiro atoms. The zero-order valence-electron chi connectivity index (χ0n) is 20.7. The third kappa shape index (κ3) is 6.62. The molecule has 0 saturated carbocycles. The lowest BCUT2D eigenvalue weighted by atomic mass is 9.89. The molecule has 10 nitrogen and oxygen atoms in total. The van der Waals surface area contributed by atoms with E-state index in [-0.39, 0.29) is 25.4 Å². The van der Waals surface area contributed by atoms with Gasteiger partial charge in [0.1, 0.15) is 12.4 Å². The van der Waals surface area contributed by atoms with Crippen LogP contribution in [-0.2, 0) is 21.4 Å². The first-order valence-electron chi connectivity index (χ1n) is 11.9. The molecule has 0 bridgehead atoms. The van der Waals surface area contributed by atoms with E-state index in [9.17, 15) is 18.0 Å². The van der Waals surface area contributed by atoms with Gasteiger partial charge in [0.2, 0.25) is 15.9 Å². The van der Waals surface area contributed by atoms with Gasteiger partial charge in [0.25, 0.3) is 5.91 Å². The Kier molecular flexibility index (Phi) is 8.06. The van der Waals surface area contributed by atoms with Crippen LogP contribution in [0.1, 0.15) is 34.5 Å². The molecule has 11 heteroatoms. The maximum Gasteiger partial charge on any atom is 0.251 e. The van der Waals surface area contributed by atoms with Gasteiger partial charge >= 0.3 is 0 Å². The van der Waals surface area contributed by atoms with Gasteiger partial charge in [0, 0.05) is 47.8 Å². The second kappa shape index (κ2) is 11.2. The van der Waals surface area contributed by atoms with E-state index < -0.39 is 27.9 Å². The fourth-order valence-electron chi connectivity index (χ4n) is 4.59. The summed E-state index contributed by atoms with van der Waals surface area (Å²) < 4.78 is 31.3. The first kappa shape index (κ1) is 26.5. The Balaban J connectivity index is 1.43. The number of sulfonamides is 1. The fourth-order valence-corrected chi connectivity index (χ4v) is 5.46. The molecule has 1 fully saturated rings. The smallest absolute Gasteiger partial charge is 0.251 e. The summed E-state index contributed by atoms with van der Waals surface area (Å²) in [4.78, 5) is 29.2. The Morgan fingerprint density at radius 1 is 1.16 bits per heavy atom. The van der Waals surface area contributed by atoms with E-state index in [1.807, 2.05) is 37.3 Å².